The number of hydrogen-bond donors (Lipinski definition) is 2. The molecule has 0 atom stereocenters. The standard InChI is InChI=1S/C17H14ClNO5/c1-9(20)13-8-11(18)6-7-15(13)24-17(23)12-4-3-5-14(16(12)22)19-10(2)21/h3-8,22H,1-2H3,(H,19,21). The predicted molar refractivity (Wildman–Crippen MR) is 88.8 cm³/mol. The molecule has 0 spiro atoms. The summed E-state index contributed by atoms with van der Waals surface area (Å²) in [5.41, 5.74) is 0.0823. The second kappa shape index (κ2) is 7.14. The number of para-hydroxylation sites is 1. The van der Waals surface area contributed by atoms with Crippen molar-refractivity contribution in [2.24, 2.45) is 0 Å². The van der Waals surface area contributed by atoms with Crippen LogP contribution in [0.5, 0.6) is 11.5 Å². The number of carbonyl (C=O) groups is 3. The number of hydrogen-bond acceptors (Lipinski definition) is 5. The highest BCUT2D eigenvalue weighted by atomic mass is 35.5. The molecule has 0 unspecified atom stereocenters. The molecule has 2 N–H and O–H groups in total. The highest BCUT2D eigenvalue weighted by molar-refractivity contribution is 6.31. The molecular weight excluding hydrogens is 334 g/mol. The summed E-state index contributed by atoms with van der Waals surface area (Å²) < 4.78 is 5.20. The summed E-state index contributed by atoms with van der Waals surface area (Å²) in [6.07, 6.45) is 0. The number of carbonyl (C=O) groups excluding carboxylic acids is 3. The normalized spacial score (nSPS) is 10.1. The molecule has 0 saturated carbocycles. The Balaban J connectivity index is 2.35. The zero-order valence-electron chi connectivity index (χ0n) is 12.9. The maximum atomic E-state index is 12.3. The number of ketones is 1. The smallest absolute Gasteiger partial charge is 0.347 e. The van der Waals surface area contributed by atoms with Gasteiger partial charge in [-0.2, -0.15) is 0 Å². The Morgan fingerprint density at radius 3 is 2.42 bits per heavy atom. The molecule has 0 heterocycles. The van der Waals surface area contributed by atoms with Gasteiger partial charge in [0.05, 0.1) is 11.3 Å². The Bertz CT molecular complexity index is 832. The van der Waals surface area contributed by atoms with Gasteiger partial charge in [-0.05, 0) is 37.3 Å². The number of halogens is 1. The van der Waals surface area contributed by atoms with E-state index in [2.05, 4.69) is 5.32 Å². The molecule has 0 radical (unpaired) electrons. The molecule has 0 fully saturated rings. The molecule has 7 heteroatoms. The molecule has 2 rings (SSSR count). The van der Waals surface area contributed by atoms with Crippen LogP contribution in [0.25, 0.3) is 0 Å². The number of phenols is 1. The lowest BCUT2D eigenvalue weighted by Crippen LogP contribution is -2.13. The number of phenolic OH excluding ortho intramolecular Hbond substituents is 1. The Labute approximate surface area is 143 Å². The summed E-state index contributed by atoms with van der Waals surface area (Å²) in [5.74, 6) is -1.98. The van der Waals surface area contributed by atoms with Gasteiger partial charge in [0, 0.05) is 11.9 Å². The summed E-state index contributed by atoms with van der Waals surface area (Å²) in [6.45, 7) is 2.59. The summed E-state index contributed by atoms with van der Waals surface area (Å²) in [7, 11) is 0. The molecule has 0 aromatic heterocycles. The zero-order chi connectivity index (χ0) is 17.9. The third-order valence-corrected chi connectivity index (χ3v) is 3.33. The van der Waals surface area contributed by atoms with Gasteiger partial charge in [0.2, 0.25) is 5.91 Å². The van der Waals surface area contributed by atoms with E-state index in [1.807, 2.05) is 0 Å². The Kier molecular flexibility index (Phi) is 5.21. The molecule has 0 aliphatic heterocycles. The average molecular weight is 348 g/mol. The molecule has 6 nitrogen and oxygen atoms in total. The summed E-state index contributed by atoms with van der Waals surface area (Å²) >= 11 is 5.84. The molecule has 2 aromatic carbocycles. The van der Waals surface area contributed by atoms with Gasteiger partial charge in [-0.15, -0.1) is 0 Å². The fourth-order valence-electron chi connectivity index (χ4n) is 2.02. The van der Waals surface area contributed by atoms with Crippen LogP contribution >= 0.6 is 11.6 Å². The van der Waals surface area contributed by atoms with Crippen molar-refractivity contribution in [1.82, 2.24) is 0 Å². The van der Waals surface area contributed by atoms with Crippen molar-refractivity contribution in [3.05, 3.63) is 52.5 Å². The number of aromatic hydroxyl groups is 1. The molecule has 24 heavy (non-hydrogen) atoms. The van der Waals surface area contributed by atoms with E-state index in [1.54, 1.807) is 0 Å². The summed E-state index contributed by atoms with van der Waals surface area (Å²) in [4.78, 5) is 35.0. The highest BCUT2D eigenvalue weighted by Crippen LogP contribution is 2.30. The van der Waals surface area contributed by atoms with Gasteiger partial charge in [-0.1, -0.05) is 17.7 Å². The van der Waals surface area contributed by atoms with E-state index in [0.717, 1.165) is 0 Å². The lowest BCUT2D eigenvalue weighted by molar-refractivity contribution is -0.114. The number of esters is 1. The second-order valence-corrected chi connectivity index (χ2v) is 5.41. The second-order valence-electron chi connectivity index (χ2n) is 4.97. The van der Waals surface area contributed by atoms with Crippen molar-refractivity contribution in [3.63, 3.8) is 0 Å². The van der Waals surface area contributed by atoms with E-state index in [0.29, 0.717) is 5.02 Å². The fraction of sp³-hybridized carbons (Fsp3) is 0.118. The number of rotatable bonds is 4. The van der Waals surface area contributed by atoms with Crippen LogP contribution in [0.1, 0.15) is 34.6 Å². The quantitative estimate of drug-likeness (QED) is 0.382. The number of amides is 1. The first-order valence-electron chi connectivity index (χ1n) is 6.92. The minimum atomic E-state index is -0.871. The van der Waals surface area contributed by atoms with Gasteiger partial charge < -0.3 is 15.2 Å². The molecule has 0 aliphatic carbocycles. The van der Waals surface area contributed by atoms with Crippen molar-refractivity contribution in [2.75, 3.05) is 5.32 Å². The lowest BCUT2D eigenvalue weighted by atomic mass is 10.1. The largest absolute Gasteiger partial charge is 0.505 e. The number of anilines is 1. The Morgan fingerprint density at radius 1 is 1.08 bits per heavy atom. The first kappa shape index (κ1) is 17.5. The van der Waals surface area contributed by atoms with Gasteiger partial charge in [0.1, 0.15) is 11.3 Å². The van der Waals surface area contributed by atoms with E-state index in [-0.39, 0.29) is 28.3 Å². The summed E-state index contributed by atoms with van der Waals surface area (Å²) in [5, 5.41) is 12.8. The van der Waals surface area contributed by atoms with Crippen molar-refractivity contribution in [1.29, 1.82) is 0 Å². The van der Waals surface area contributed by atoms with Gasteiger partial charge in [-0.25, -0.2) is 4.79 Å². The third-order valence-electron chi connectivity index (χ3n) is 3.09. The molecule has 1 amide bonds. The number of Topliss-reactive ketones (excluding diaryl/α,β-unsaturated/α-hetero) is 1. The van der Waals surface area contributed by atoms with E-state index < -0.39 is 17.6 Å². The van der Waals surface area contributed by atoms with Gasteiger partial charge >= 0.3 is 5.97 Å². The van der Waals surface area contributed by atoms with Gasteiger partial charge in [-0.3, -0.25) is 9.59 Å². The van der Waals surface area contributed by atoms with Crippen LogP contribution in [0.2, 0.25) is 5.02 Å². The van der Waals surface area contributed by atoms with E-state index in [1.165, 1.54) is 50.2 Å². The topological polar surface area (TPSA) is 92.7 Å². The average Bonchev–Trinajstić information content (AvgIpc) is 2.50. The number of benzene rings is 2. The maximum Gasteiger partial charge on any atom is 0.347 e. The van der Waals surface area contributed by atoms with Crippen molar-refractivity contribution in [2.45, 2.75) is 13.8 Å². The van der Waals surface area contributed by atoms with Gasteiger partial charge in [0.15, 0.2) is 11.5 Å². The Morgan fingerprint density at radius 2 is 1.79 bits per heavy atom. The molecule has 0 bridgehead atoms. The van der Waals surface area contributed by atoms with Crippen LogP contribution in [-0.4, -0.2) is 22.8 Å². The SMILES string of the molecule is CC(=O)Nc1cccc(C(=O)Oc2ccc(Cl)cc2C(C)=O)c1O. The fourth-order valence-corrected chi connectivity index (χ4v) is 2.19. The molecule has 124 valence electrons. The van der Waals surface area contributed by atoms with Crippen molar-refractivity contribution < 1.29 is 24.2 Å². The highest BCUT2D eigenvalue weighted by Gasteiger charge is 2.19. The van der Waals surface area contributed by atoms with E-state index >= 15 is 0 Å². The van der Waals surface area contributed by atoms with E-state index in [4.69, 9.17) is 16.3 Å². The number of ether oxygens (including phenoxy) is 1. The van der Waals surface area contributed by atoms with Crippen LogP contribution in [0, 0.1) is 0 Å². The van der Waals surface area contributed by atoms with Crippen LogP contribution in [-0.2, 0) is 4.79 Å². The molecule has 0 aliphatic rings. The first-order chi connectivity index (χ1) is 11.3. The summed E-state index contributed by atoms with van der Waals surface area (Å²) in [6, 6.07) is 8.52. The van der Waals surface area contributed by atoms with Crippen molar-refractivity contribution in [3.8, 4) is 11.5 Å². The minimum Gasteiger partial charge on any atom is -0.505 e. The molecular formula is C17H14ClNO5. The van der Waals surface area contributed by atoms with E-state index in [9.17, 15) is 19.5 Å². The van der Waals surface area contributed by atoms with Crippen LogP contribution < -0.4 is 10.1 Å². The zero-order valence-corrected chi connectivity index (χ0v) is 13.7. The third kappa shape index (κ3) is 3.91. The van der Waals surface area contributed by atoms with Crippen LogP contribution in [0.15, 0.2) is 36.4 Å². The Hall–Kier alpha value is -2.86. The van der Waals surface area contributed by atoms with Gasteiger partial charge in [0.25, 0.3) is 0 Å². The molecule has 0 saturated heterocycles. The maximum absolute atomic E-state index is 12.3. The monoisotopic (exact) mass is 347 g/mol. The van der Waals surface area contributed by atoms with Crippen molar-refractivity contribution >= 4 is 34.9 Å². The lowest BCUT2D eigenvalue weighted by Gasteiger charge is -2.11. The van der Waals surface area contributed by atoms with Crippen LogP contribution in [0.3, 0.4) is 0 Å². The predicted octanol–water partition coefficient (Wildman–Crippen LogP) is 3.43. The minimum absolute atomic E-state index is 0.0289. The number of nitrogens with one attached hydrogen (secondary N) is 1. The molecule has 2 aromatic rings. The first-order valence-corrected chi connectivity index (χ1v) is 7.29. The van der Waals surface area contributed by atoms with Crippen LogP contribution in [0.4, 0.5) is 5.69 Å².